The second-order valence-electron chi connectivity index (χ2n) is 11.6. The van der Waals surface area contributed by atoms with Crippen LogP contribution in [0.5, 0.6) is 5.75 Å². The van der Waals surface area contributed by atoms with Crippen molar-refractivity contribution in [3.63, 3.8) is 0 Å². The summed E-state index contributed by atoms with van der Waals surface area (Å²) in [4.78, 5) is 13.1. The molecule has 0 fully saturated rings. The Morgan fingerprint density at radius 3 is 2.29 bits per heavy atom. The topological polar surface area (TPSA) is 89.5 Å². The van der Waals surface area contributed by atoms with Crippen LogP contribution < -0.4 is 10.4 Å². The highest BCUT2D eigenvalue weighted by atomic mass is 16.5. The number of nitrogens with zero attached hydrogens (tertiary/aromatic N) is 3. The van der Waals surface area contributed by atoms with Gasteiger partial charge in [-0.05, 0) is 77.1 Å². The SMILES string of the molecule is CCn1c(CCCc2cccc(-c3ccc(OC)c(CCC(O)O)c3)c2)nn(Cc2ccc(C(C)(C)C)cc2)c1=O. The van der Waals surface area contributed by atoms with Crippen LogP contribution in [0.4, 0.5) is 0 Å². The molecule has 1 heterocycles. The molecule has 0 bridgehead atoms. The normalized spacial score (nSPS) is 11.8. The Bertz CT molecular complexity index is 1490. The van der Waals surface area contributed by atoms with Crippen LogP contribution >= 0.6 is 0 Å². The molecule has 0 aliphatic rings. The van der Waals surface area contributed by atoms with Crippen LogP contribution in [-0.4, -0.2) is 38.0 Å². The molecule has 0 atom stereocenters. The van der Waals surface area contributed by atoms with Gasteiger partial charge in [-0.15, -0.1) is 0 Å². The van der Waals surface area contributed by atoms with E-state index < -0.39 is 6.29 Å². The third-order valence-electron chi connectivity index (χ3n) is 7.55. The van der Waals surface area contributed by atoms with Crippen LogP contribution in [0.1, 0.15) is 68.6 Å². The standard InChI is InChI=1S/C34H43N3O4/c1-6-36-31(35-37(33(36)40)23-25-13-17-29(18-14-25)34(2,3)4)12-8-10-24-9-7-11-26(21-24)27-15-19-30(41-5)28(22-27)16-20-32(38)39/h7,9,11,13-15,17-19,21-22,32,38-39H,6,8,10,12,16,20,23H2,1-5H3. The number of methoxy groups -OCH3 is 1. The van der Waals surface area contributed by atoms with Gasteiger partial charge in [0, 0.05) is 19.4 Å². The molecule has 0 saturated carbocycles. The number of aryl methyl sites for hydroxylation is 3. The van der Waals surface area contributed by atoms with Crippen molar-refractivity contribution in [2.45, 2.75) is 84.6 Å². The Morgan fingerprint density at radius 2 is 1.63 bits per heavy atom. The molecule has 4 rings (SSSR count). The fourth-order valence-electron chi connectivity index (χ4n) is 5.17. The molecule has 2 N–H and O–H groups in total. The molecular weight excluding hydrogens is 514 g/mol. The Kier molecular flexibility index (Phi) is 9.84. The lowest BCUT2D eigenvalue weighted by Gasteiger charge is -2.19. The minimum absolute atomic E-state index is 0.0616. The summed E-state index contributed by atoms with van der Waals surface area (Å²) < 4.78 is 8.84. The number of hydrogen-bond donors (Lipinski definition) is 2. The fraction of sp³-hybridized carbons (Fsp3) is 0.412. The van der Waals surface area contributed by atoms with Gasteiger partial charge in [0.1, 0.15) is 11.6 Å². The van der Waals surface area contributed by atoms with Crippen molar-refractivity contribution in [1.82, 2.24) is 14.3 Å². The predicted molar refractivity (Wildman–Crippen MR) is 163 cm³/mol. The Morgan fingerprint density at radius 1 is 0.902 bits per heavy atom. The van der Waals surface area contributed by atoms with Crippen LogP contribution in [0.2, 0.25) is 0 Å². The van der Waals surface area contributed by atoms with Gasteiger partial charge in [0.05, 0.1) is 13.7 Å². The van der Waals surface area contributed by atoms with Gasteiger partial charge in [-0.2, -0.15) is 5.10 Å². The highest BCUT2D eigenvalue weighted by molar-refractivity contribution is 5.66. The van der Waals surface area contributed by atoms with E-state index in [0.29, 0.717) is 19.5 Å². The average Bonchev–Trinajstić information content (AvgIpc) is 3.25. The van der Waals surface area contributed by atoms with E-state index in [1.165, 1.54) is 11.1 Å². The zero-order chi connectivity index (χ0) is 29.6. The van der Waals surface area contributed by atoms with Crippen LogP contribution in [0.25, 0.3) is 11.1 Å². The van der Waals surface area contributed by atoms with Gasteiger partial charge in [0.15, 0.2) is 6.29 Å². The zero-order valence-corrected chi connectivity index (χ0v) is 24.9. The summed E-state index contributed by atoms with van der Waals surface area (Å²) >= 11 is 0. The molecule has 218 valence electrons. The number of rotatable bonds is 12. The number of benzene rings is 3. The Balaban J connectivity index is 1.43. The molecule has 0 aliphatic carbocycles. The van der Waals surface area contributed by atoms with Gasteiger partial charge in [-0.1, -0.05) is 75.4 Å². The van der Waals surface area contributed by atoms with Crippen molar-refractivity contribution in [2.24, 2.45) is 0 Å². The summed E-state index contributed by atoms with van der Waals surface area (Å²) in [5.74, 6) is 1.57. The molecule has 0 unspecified atom stereocenters. The molecule has 0 saturated heterocycles. The lowest BCUT2D eigenvalue weighted by atomic mass is 9.87. The van der Waals surface area contributed by atoms with Gasteiger partial charge in [-0.3, -0.25) is 4.57 Å². The summed E-state index contributed by atoms with van der Waals surface area (Å²) in [6, 6.07) is 22.9. The van der Waals surface area contributed by atoms with Crippen molar-refractivity contribution < 1.29 is 14.9 Å². The maximum Gasteiger partial charge on any atom is 0.346 e. The molecule has 0 spiro atoms. The highest BCUT2D eigenvalue weighted by Crippen LogP contribution is 2.29. The first-order valence-electron chi connectivity index (χ1n) is 14.5. The average molecular weight is 558 g/mol. The van der Waals surface area contributed by atoms with Crippen molar-refractivity contribution in [2.75, 3.05) is 7.11 Å². The lowest BCUT2D eigenvalue weighted by molar-refractivity contribution is -0.0447. The zero-order valence-electron chi connectivity index (χ0n) is 24.9. The molecule has 4 aromatic rings. The third kappa shape index (κ3) is 7.75. The van der Waals surface area contributed by atoms with Crippen LogP contribution in [0.15, 0.2) is 71.5 Å². The largest absolute Gasteiger partial charge is 0.496 e. The van der Waals surface area contributed by atoms with E-state index in [4.69, 9.17) is 9.84 Å². The Labute approximate surface area is 243 Å². The number of aromatic nitrogens is 3. The predicted octanol–water partition coefficient (Wildman–Crippen LogP) is 5.50. The summed E-state index contributed by atoms with van der Waals surface area (Å²) in [5.41, 5.74) is 6.69. The van der Waals surface area contributed by atoms with Gasteiger partial charge in [-0.25, -0.2) is 9.48 Å². The molecule has 3 aromatic carbocycles. The first kappa shape index (κ1) is 30.3. The van der Waals surface area contributed by atoms with Gasteiger partial charge in [0.25, 0.3) is 0 Å². The second kappa shape index (κ2) is 13.3. The van der Waals surface area contributed by atoms with Crippen molar-refractivity contribution in [3.8, 4) is 16.9 Å². The molecule has 0 radical (unpaired) electrons. The minimum Gasteiger partial charge on any atom is -0.496 e. The first-order valence-corrected chi connectivity index (χ1v) is 14.5. The van der Waals surface area contributed by atoms with Crippen molar-refractivity contribution >= 4 is 0 Å². The van der Waals surface area contributed by atoms with Crippen LogP contribution in [0.3, 0.4) is 0 Å². The van der Waals surface area contributed by atoms with E-state index in [1.807, 2.05) is 19.1 Å². The van der Waals surface area contributed by atoms with E-state index in [9.17, 15) is 15.0 Å². The maximum absolute atomic E-state index is 13.1. The van der Waals surface area contributed by atoms with Gasteiger partial charge < -0.3 is 14.9 Å². The summed E-state index contributed by atoms with van der Waals surface area (Å²) in [7, 11) is 1.62. The van der Waals surface area contributed by atoms with E-state index in [1.54, 1.807) is 16.4 Å². The van der Waals surface area contributed by atoms with E-state index in [-0.39, 0.29) is 17.5 Å². The lowest BCUT2D eigenvalue weighted by Crippen LogP contribution is -2.25. The molecule has 41 heavy (non-hydrogen) atoms. The highest BCUT2D eigenvalue weighted by Gasteiger charge is 2.15. The van der Waals surface area contributed by atoms with Crippen LogP contribution in [0, 0.1) is 0 Å². The molecule has 1 aromatic heterocycles. The van der Waals surface area contributed by atoms with Crippen molar-refractivity contribution in [1.29, 1.82) is 0 Å². The van der Waals surface area contributed by atoms with E-state index in [2.05, 4.69) is 75.4 Å². The van der Waals surface area contributed by atoms with Gasteiger partial charge >= 0.3 is 5.69 Å². The summed E-state index contributed by atoms with van der Waals surface area (Å²) in [6.07, 6.45) is 1.89. The molecule has 0 aliphatic heterocycles. The van der Waals surface area contributed by atoms with Crippen LogP contribution in [-0.2, 0) is 37.8 Å². The molecule has 0 amide bonds. The Hall–Kier alpha value is -3.68. The van der Waals surface area contributed by atoms with Crippen molar-refractivity contribution in [3.05, 3.63) is 105 Å². The second-order valence-corrected chi connectivity index (χ2v) is 11.6. The summed E-state index contributed by atoms with van der Waals surface area (Å²) in [5, 5.41) is 23.3. The molecule has 7 heteroatoms. The third-order valence-corrected chi connectivity index (χ3v) is 7.55. The maximum atomic E-state index is 13.1. The molecular formula is C34H43N3O4. The van der Waals surface area contributed by atoms with Gasteiger partial charge in [0.2, 0.25) is 0 Å². The quantitative estimate of drug-likeness (QED) is 0.225. The summed E-state index contributed by atoms with van der Waals surface area (Å²) in [6.45, 7) is 9.64. The number of ether oxygens (including phenoxy) is 1. The smallest absolute Gasteiger partial charge is 0.346 e. The minimum atomic E-state index is -1.35. The number of aliphatic hydroxyl groups is 2. The number of aliphatic hydroxyl groups excluding tert-OH is 1. The monoisotopic (exact) mass is 557 g/mol. The fourth-order valence-corrected chi connectivity index (χ4v) is 5.17. The first-order chi connectivity index (χ1) is 19.6. The number of hydrogen-bond acceptors (Lipinski definition) is 5. The van der Waals surface area contributed by atoms with E-state index >= 15 is 0 Å². The molecule has 7 nitrogen and oxygen atoms in total. The van der Waals surface area contributed by atoms with E-state index in [0.717, 1.165) is 53.1 Å².